The van der Waals surface area contributed by atoms with Gasteiger partial charge in [-0.1, -0.05) is 24.3 Å². The summed E-state index contributed by atoms with van der Waals surface area (Å²) in [4.78, 5) is 24.0. The van der Waals surface area contributed by atoms with E-state index in [1.165, 1.54) is 4.70 Å². The van der Waals surface area contributed by atoms with E-state index in [0.29, 0.717) is 24.7 Å². The molecule has 1 aliphatic heterocycles. The fraction of sp³-hybridized carbons (Fsp3) is 0.318. The number of aromatic nitrogens is 2. The number of para-hydroxylation sites is 3. The number of thiazole rings is 1. The van der Waals surface area contributed by atoms with Crippen LogP contribution in [0.1, 0.15) is 36.1 Å². The molecule has 2 aromatic carbocycles. The van der Waals surface area contributed by atoms with Gasteiger partial charge in [0.25, 0.3) is 0 Å². The van der Waals surface area contributed by atoms with Crippen LogP contribution in [0.25, 0.3) is 21.3 Å². The van der Waals surface area contributed by atoms with Gasteiger partial charge in [-0.2, -0.15) is 0 Å². The smallest absolute Gasteiger partial charge is 0.223 e. The molecule has 0 radical (unpaired) electrons. The monoisotopic (exact) mass is 391 g/mol. The van der Waals surface area contributed by atoms with E-state index in [4.69, 9.17) is 9.40 Å². The van der Waals surface area contributed by atoms with Crippen LogP contribution in [-0.2, 0) is 11.2 Å². The van der Waals surface area contributed by atoms with E-state index in [-0.39, 0.29) is 5.91 Å². The van der Waals surface area contributed by atoms with Crippen molar-refractivity contribution in [3.63, 3.8) is 0 Å². The van der Waals surface area contributed by atoms with Crippen LogP contribution in [0.15, 0.2) is 52.9 Å². The first-order valence-electron chi connectivity index (χ1n) is 9.74. The molecule has 0 N–H and O–H groups in total. The van der Waals surface area contributed by atoms with Crippen molar-refractivity contribution in [2.45, 2.75) is 31.6 Å². The summed E-state index contributed by atoms with van der Waals surface area (Å²) in [7, 11) is 0. The van der Waals surface area contributed by atoms with Gasteiger partial charge in [-0.3, -0.25) is 4.79 Å². The highest BCUT2D eigenvalue weighted by Gasteiger charge is 2.27. The summed E-state index contributed by atoms with van der Waals surface area (Å²) in [6.07, 6.45) is 3.08. The molecule has 0 saturated carbocycles. The number of rotatable bonds is 4. The Morgan fingerprint density at radius 3 is 2.79 bits per heavy atom. The lowest BCUT2D eigenvalue weighted by atomic mass is 9.98. The predicted octanol–water partition coefficient (Wildman–Crippen LogP) is 4.78. The zero-order valence-corrected chi connectivity index (χ0v) is 16.3. The molecule has 1 amide bonds. The molecule has 142 valence electrons. The normalized spacial score (nSPS) is 17.4. The lowest BCUT2D eigenvalue weighted by Crippen LogP contribution is -2.39. The average Bonchev–Trinajstić information content (AvgIpc) is 3.35. The van der Waals surface area contributed by atoms with Crippen LogP contribution in [0.2, 0.25) is 0 Å². The number of oxazole rings is 1. The minimum absolute atomic E-state index is 0.174. The number of carbonyl (C=O) groups excluding carboxylic acids is 1. The average molecular weight is 391 g/mol. The molecule has 4 aromatic rings. The third-order valence-corrected chi connectivity index (χ3v) is 6.52. The Morgan fingerprint density at radius 1 is 1.11 bits per heavy atom. The summed E-state index contributed by atoms with van der Waals surface area (Å²) in [5, 5.41) is 1.15. The third-order valence-electron chi connectivity index (χ3n) is 5.32. The summed E-state index contributed by atoms with van der Waals surface area (Å²) >= 11 is 1.76. The van der Waals surface area contributed by atoms with Gasteiger partial charge < -0.3 is 9.32 Å². The number of benzene rings is 2. The Morgan fingerprint density at radius 2 is 1.93 bits per heavy atom. The summed E-state index contributed by atoms with van der Waals surface area (Å²) < 4.78 is 6.96. The number of aryl methyl sites for hydroxylation is 1. The molecule has 5 nitrogen and oxygen atoms in total. The van der Waals surface area contributed by atoms with E-state index in [0.717, 1.165) is 47.6 Å². The van der Waals surface area contributed by atoms with Crippen LogP contribution in [0.4, 0.5) is 0 Å². The van der Waals surface area contributed by atoms with E-state index in [1.54, 1.807) is 11.3 Å². The molecule has 1 aliphatic rings. The number of fused-ring (bicyclic) bond motifs is 2. The Bertz CT molecular complexity index is 1070. The number of piperidine rings is 1. The Balaban J connectivity index is 1.24. The van der Waals surface area contributed by atoms with E-state index in [1.807, 2.05) is 41.3 Å². The summed E-state index contributed by atoms with van der Waals surface area (Å²) in [5.74, 6) is 1.14. The lowest BCUT2D eigenvalue weighted by Gasteiger charge is -2.31. The molecule has 3 heterocycles. The van der Waals surface area contributed by atoms with Gasteiger partial charge in [-0.05, 0) is 37.1 Å². The fourth-order valence-electron chi connectivity index (χ4n) is 3.87. The van der Waals surface area contributed by atoms with Crippen LogP contribution >= 0.6 is 11.3 Å². The second kappa shape index (κ2) is 7.36. The Hall–Kier alpha value is -2.73. The molecule has 1 fully saturated rings. The Kier molecular flexibility index (Phi) is 4.56. The number of likely N-dealkylation sites (tertiary alicyclic amines) is 1. The largest absolute Gasteiger partial charge is 0.441 e. The lowest BCUT2D eigenvalue weighted by molar-refractivity contribution is -0.132. The molecule has 0 aliphatic carbocycles. The second-order valence-corrected chi connectivity index (χ2v) is 8.34. The van der Waals surface area contributed by atoms with Gasteiger partial charge in [0.05, 0.1) is 15.2 Å². The molecular weight excluding hydrogens is 370 g/mol. The maximum absolute atomic E-state index is 12.8. The molecular formula is C22H21N3O2S. The van der Waals surface area contributed by atoms with Crippen LogP contribution in [0, 0.1) is 0 Å². The summed E-state index contributed by atoms with van der Waals surface area (Å²) in [6, 6.07) is 15.9. The summed E-state index contributed by atoms with van der Waals surface area (Å²) in [6.45, 7) is 1.58. The molecule has 0 bridgehead atoms. The second-order valence-electron chi connectivity index (χ2n) is 7.27. The standard InChI is InChI=1S/C22H21N3O2S/c26-21(12-11-20-23-16-7-1-3-9-18(16)27-20)25-13-5-6-15(14-25)22-24-17-8-2-4-10-19(17)28-22/h1-4,7-10,15H,5-6,11-14H2/t15-/m1/s1. The van der Waals surface area contributed by atoms with Gasteiger partial charge in [0, 0.05) is 31.8 Å². The molecule has 2 aromatic heterocycles. The van der Waals surface area contributed by atoms with Crippen LogP contribution in [0.3, 0.4) is 0 Å². The van der Waals surface area contributed by atoms with E-state index in [2.05, 4.69) is 17.1 Å². The van der Waals surface area contributed by atoms with Crippen molar-refractivity contribution in [3.8, 4) is 0 Å². The van der Waals surface area contributed by atoms with Crippen molar-refractivity contribution in [1.82, 2.24) is 14.9 Å². The molecule has 28 heavy (non-hydrogen) atoms. The van der Waals surface area contributed by atoms with Crippen molar-refractivity contribution in [3.05, 3.63) is 59.4 Å². The first-order valence-corrected chi connectivity index (χ1v) is 10.6. The van der Waals surface area contributed by atoms with Crippen molar-refractivity contribution in [2.24, 2.45) is 0 Å². The van der Waals surface area contributed by atoms with Gasteiger partial charge >= 0.3 is 0 Å². The number of amides is 1. The topological polar surface area (TPSA) is 59.2 Å². The van der Waals surface area contributed by atoms with Gasteiger partial charge in [-0.15, -0.1) is 11.3 Å². The molecule has 5 rings (SSSR count). The number of carbonyl (C=O) groups is 1. The quantitative estimate of drug-likeness (QED) is 0.502. The van der Waals surface area contributed by atoms with Crippen molar-refractivity contribution in [1.29, 1.82) is 0 Å². The molecule has 6 heteroatoms. The van der Waals surface area contributed by atoms with Gasteiger partial charge in [0.1, 0.15) is 5.52 Å². The van der Waals surface area contributed by atoms with E-state index >= 15 is 0 Å². The van der Waals surface area contributed by atoms with Crippen LogP contribution in [-0.4, -0.2) is 33.9 Å². The predicted molar refractivity (Wildman–Crippen MR) is 111 cm³/mol. The highest BCUT2D eigenvalue weighted by Crippen LogP contribution is 2.33. The van der Waals surface area contributed by atoms with Crippen LogP contribution < -0.4 is 0 Å². The maximum Gasteiger partial charge on any atom is 0.223 e. The van der Waals surface area contributed by atoms with Crippen molar-refractivity contribution >= 4 is 38.6 Å². The third kappa shape index (κ3) is 3.40. The Labute approximate surface area is 167 Å². The van der Waals surface area contributed by atoms with Crippen molar-refractivity contribution < 1.29 is 9.21 Å². The van der Waals surface area contributed by atoms with Crippen molar-refractivity contribution in [2.75, 3.05) is 13.1 Å². The molecule has 0 spiro atoms. The van der Waals surface area contributed by atoms with Gasteiger partial charge in [0.15, 0.2) is 11.5 Å². The molecule has 1 saturated heterocycles. The van der Waals surface area contributed by atoms with E-state index in [9.17, 15) is 4.79 Å². The first-order chi connectivity index (χ1) is 13.8. The maximum atomic E-state index is 12.8. The zero-order chi connectivity index (χ0) is 18.9. The van der Waals surface area contributed by atoms with Gasteiger partial charge in [0.2, 0.25) is 5.91 Å². The van der Waals surface area contributed by atoms with E-state index < -0.39 is 0 Å². The number of hydrogen-bond acceptors (Lipinski definition) is 5. The minimum Gasteiger partial charge on any atom is -0.441 e. The zero-order valence-electron chi connectivity index (χ0n) is 15.5. The minimum atomic E-state index is 0.174. The number of nitrogens with zero attached hydrogens (tertiary/aromatic N) is 3. The molecule has 1 atom stereocenters. The highest BCUT2D eigenvalue weighted by molar-refractivity contribution is 7.18. The number of hydrogen-bond donors (Lipinski definition) is 0. The SMILES string of the molecule is O=C(CCc1nc2ccccc2o1)N1CCC[C@@H](c2nc3ccccc3s2)C1. The van der Waals surface area contributed by atoms with Crippen LogP contribution in [0.5, 0.6) is 0 Å². The first kappa shape index (κ1) is 17.4. The summed E-state index contributed by atoms with van der Waals surface area (Å²) in [5.41, 5.74) is 2.68. The fourth-order valence-corrected chi connectivity index (χ4v) is 4.96. The molecule has 0 unspecified atom stereocenters. The van der Waals surface area contributed by atoms with Gasteiger partial charge in [-0.25, -0.2) is 9.97 Å². The highest BCUT2D eigenvalue weighted by atomic mass is 32.1.